The van der Waals surface area contributed by atoms with E-state index in [1.54, 1.807) is 0 Å². The third kappa shape index (κ3) is 3.19. The highest BCUT2D eigenvalue weighted by Gasteiger charge is 2.34. The zero-order chi connectivity index (χ0) is 14.6. The lowest BCUT2D eigenvalue weighted by molar-refractivity contribution is -0.138. The molecule has 2 rings (SSSR count). The Kier molecular flexibility index (Phi) is 4.78. The molecule has 1 heterocycles. The fourth-order valence-electron chi connectivity index (χ4n) is 2.69. The number of hydrogen-bond donors (Lipinski definition) is 1. The first kappa shape index (κ1) is 15.0. The van der Waals surface area contributed by atoms with Crippen molar-refractivity contribution in [2.75, 3.05) is 39.3 Å². The number of carbonyl (C=O) groups is 1. The van der Waals surface area contributed by atoms with Gasteiger partial charge in [-0.05, 0) is 19.4 Å². The molecule has 4 nitrogen and oxygen atoms in total. The van der Waals surface area contributed by atoms with Crippen molar-refractivity contribution in [1.29, 1.82) is 0 Å². The predicted molar refractivity (Wildman–Crippen MR) is 79.6 cm³/mol. The van der Waals surface area contributed by atoms with Gasteiger partial charge in [0.25, 0.3) is 0 Å². The average molecular weight is 276 g/mol. The summed E-state index contributed by atoms with van der Waals surface area (Å²) in [4.78, 5) is 16.9. The lowest BCUT2D eigenvalue weighted by atomic mass is 9.83. The van der Waals surface area contributed by atoms with Crippen LogP contribution < -0.4 is 0 Å². The zero-order valence-corrected chi connectivity index (χ0v) is 12.4. The number of benzene rings is 1. The third-order valence-corrected chi connectivity index (χ3v) is 4.11. The summed E-state index contributed by atoms with van der Waals surface area (Å²) in [6, 6.07) is 9.95. The Morgan fingerprint density at radius 2 is 1.75 bits per heavy atom. The Balaban J connectivity index is 2.01. The van der Waals surface area contributed by atoms with Crippen LogP contribution in [0.3, 0.4) is 0 Å². The molecule has 0 aliphatic carbocycles. The highest BCUT2D eigenvalue weighted by molar-refractivity contribution is 5.87. The minimum atomic E-state index is -0.486. The van der Waals surface area contributed by atoms with Crippen LogP contribution in [0.2, 0.25) is 0 Å². The van der Waals surface area contributed by atoms with E-state index >= 15 is 0 Å². The van der Waals surface area contributed by atoms with Crippen molar-refractivity contribution >= 4 is 5.91 Å². The quantitative estimate of drug-likeness (QED) is 0.895. The molecule has 1 aliphatic heterocycles. The molecule has 4 heteroatoms. The maximum Gasteiger partial charge on any atom is 0.232 e. The molecule has 1 amide bonds. The van der Waals surface area contributed by atoms with E-state index in [9.17, 15) is 4.79 Å². The molecule has 0 radical (unpaired) electrons. The molecule has 0 saturated carbocycles. The van der Waals surface area contributed by atoms with Crippen molar-refractivity contribution in [3.8, 4) is 0 Å². The predicted octanol–water partition coefficient (Wildman–Crippen LogP) is 1.10. The van der Waals surface area contributed by atoms with Crippen LogP contribution in [-0.2, 0) is 10.2 Å². The summed E-state index contributed by atoms with van der Waals surface area (Å²) in [5.41, 5.74) is 0.572. The Morgan fingerprint density at radius 1 is 1.15 bits per heavy atom. The number of piperazine rings is 1. The van der Waals surface area contributed by atoms with Gasteiger partial charge in [0.1, 0.15) is 0 Å². The molecule has 0 bridgehead atoms. The summed E-state index contributed by atoms with van der Waals surface area (Å²) in [5, 5.41) is 8.95. The molecule has 0 unspecified atom stereocenters. The molecular weight excluding hydrogens is 252 g/mol. The Morgan fingerprint density at radius 3 is 2.30 bits per heavy atom. The fraction of sp³-hybridized carbons (Fsp3) is 0.562. The maximum atomic E-state index is 12.7. The third-order valence-electron chi connectivity index (χ3n) is 4.11. The van der Waals surface area contributed by atoms with Crippen molar-refractivity contribution in [2.45, 2.75) is 19.3 Å². The van der Waals surface area contributed by atoms with Crippen LogP contribution in [0.1, 0.15) is 19.4 Å². The van der Waals surface area contributed by atoms with Crippen molar-refractivity contribution in [3.05, 3.63) is 35.9 Å². The molecule has 1 aromatic rings. The molecule has 1 saturated heterocycles. The van der Waals surface area contributed by atoms with Crippen LogP contribution in [0.4, 0.5) is 0 Å². The summed E-state index contributed by atoms with van der Waals surface area (Å²) in [6.45, 7) is 8.04. The van der Waals surface area contributed by atoms with Gasteiger partial charge >= 0.3 is 0 Å². The number of hydrogen-bond acceptors (Lipinski definition) is 3. The number of aliphatic hydroxyl groups excluding tert-OH is 1. The van der Waals surface area contributed by atoms with Gasteiger partial charge in [0, 0.05) is 32.7 Å². The first-order valence-corrected chi connectivity index (χ1v) is 7.24. The number of β-amino-alcohol motifs (C(OH)–C–C–N with tert-alkyl or cyclic N) is 1. The lowest BCUT2D eigenvalue weighted by Crippen LogP contribution is -2.53. The van der Waals surface area contributed by atoms with Gasteiger partial charge in [0.05, 0.1) is 12.0 Å². The topological polar surface area (TPSA) is 43.8 Å². The summed E-state index contributed by atoms with van der Waals surface area (Å²) in [5.74, 6) is 0.187. The van der Waals surface area contributed by atoms with E-state index in [1.807, 2.05) is 49.1 Å². The molecule has 0 aromatic heterocycles. The van der Waals surface area contributed by atoms with Gasteiger partial charge in [0.2, 0.25) is 5.91 Å². The summed E-state index contributed by atoms with van der Waals surface area (Å²) >= 11 is 0. The normalized spacial score (nSPS) is 17.2. The summed E-state index contributed by atoms with van der Waals surface area (Å²) in [7, 11) is 0. The van der Waals surface area contributed by atoms with E-state index in [0.717, 1.165) is 31.7 Å². The fourth-order valence-corrected chi connectivity index (χ4v) is 2.69. The van der Waals surface area contributed by atoms with E-state index in [0.29, 0.717) is 6.54 Å². The van der Waals surface area contributed by atoms with Gasteiger partial charge in [-0.1, -0.05) is 30.3 Å². The highest BCUT2D eigenvalue weighted by atomic mass is 16.3. The van der Waals surface area contributed by atoms with E-state index < -0.39 is 5.41 Å². The standard InChI is InChI=1S/C16H24N2O2/c1-16(2,14-6-4-3-5-7-14)15(20)18-10-8-17(9-11-18)12-13-19/h3-7,19H,8-13H2,1-2H3. The van der Waals surface area contributed by atoms with Crippen LogP contribution in [0, 0.1) is 0 Å². The molecule has 110 valence electrons. The first-order chi connectivity index (χ1) is 9.55. The van der Waals surface area contributed by atoms with E-state index in [2.05, 4.69) is 4.90 Å². The number of carbonyl (C=O) groups excluding carboxylic acids is 1. The van der Waals surface area contributed by atoms with Gasteiger partial charge in [-0.3, -0.25) is 9.69 Å². The Hall–Kier alpha value is -1.39. The lowest BCUT2D eigenvalue weighted by Gasteiger charge is -2.38. The maximum absolute atomic E-state index is 12.7. The smallest absolute Gasteiger partial charge is 0.232 e. The van der Waals surface area contributed by atoms with Crippen molar-refractivity contribution in [1.82, 2.24) is 9.80 Å². The van der Waals surface area contributed by atoms with Gasteiger partial charge in [-0.25, -0.2) is 0 Å². The van der Waals surface area contributed by atoms with Crippen molar-refractivity contribution in [2.24, 2.45) is 0 Å². The summed E-state index contributed by atoms with van der Waals surface area (Å²) < 4.78 is 0. The second-order valence-corrected chi connectivity index (χ2v) is 5.85. The largest absolute Gasteiger partial charge is 0.395 e. The van der Waals surface area contributed by atoms with Crippen LogP contribution >= 0.6 is 0 Å². The molecule has 20 heavy (non-hydrogen) atoms. The van der Waals surface area contributed by atoms with Crippen LogP contribution in [0.15, 0.2) is 30.3 Å². The minimum absolute atomic E-state index is 0.184. The second kappa shape index (κ2) is 6.37. The van der Waals surface area contributed by atoms with Crippen LogP contribution in [0.25, 0.3) is 0 Å². The van der Waals surface area contributed by atoms with Crippen molar-refractivity contribution in [3.63, 3.8) is 0 Å². The van der Waals surface area contributed by atoms with Gasteiger partial charge in [-0.15, -0.1) is 0 Å². The molecular formula is C16H24N2O2. The van der Waals surface area contributed by atoms with Gasteiger partial charge in [0.15, 0.2) is 0 Å². The summed E-state index contributed by atoms with van der Waals surface area (Å²) in [6.07, 6.45) is 0. The average Bonchev–Trinajstić information content (AvgIpc) is 2.48. The molecule has 1 aromatic carbocycles. The molecule has 0 atom stereocenters. The number of nitrogens with zero attached hydrogens (tertiary/aromatic N) is 2. The van der Waals surface area contributed by atoms with Crippen molar-refractivity contribution < 1.29 is 9.90 Å². The molecule has 1 fully saturated rings. The second-order valence-electron chi connectivity index (χ2n) is 5.85. The Labute approximate surface area is 121 Å². The number of rotatable bonds is 4. The Bertz CT molecular complexity index is 437. The van der Waals surface area contributed by atoms with E-state index in [4.69, 9.17) is 5.11 Å². The number of aliphatic hydroxyl groups is 1. The highest BCUT2D eigenvalue weighted by Crippen LogP contribution is 2.26. The number of amides is 1. The van der Waals surface area contributed by atoms with Gasteiger partial charge in [-0.2, -0.15) is 0 Å². The minimum Gasteiger partial charge on any atom is -0.395 e. The first-order valence-electron chi connectivity index (χ1n) is 7.24. The zero-order valence-electron chi connectivity index (χ0n) is 12.4. The van der Waals surface area contributed by atoms with Gasteiger partial charge < -0.3 is 10.0 Å². The van der Waals surface area contributed by atoms with Crippen LogP contribution in [0.5, 0.6) is 0 Å². The molecule has 1 N–H and O–H groups in total. The SMILES string of the molecule is CC(C)(C(=O)N1CCN(CCO)CC1)c1ccccc1. The van der Waals surface area contributed by atoms with E-state index in [1.165, 1.54) is 0 Å². The van der Waals surface area contributed by atoms with E-state index in [-0.39, 0.29) is 12.5 Å². The monoisotopic (exact) mass is 276 g/mol. The molecule has 1 aliphatic rings. The van der Waals surface area contributed by atoms with Crippen LogP contribution in [-0.4, -0.2) is 60.1 Å². The molecule has 0 spiro atoms.